The molecule has 0 fully saturated rings. The highest BCUT2D eigenvalue weighted by molar-refractivity contribution is 5.73. The van der Waals surface area contributed by atoms with Crippen molar-refractivity contribution in [2.24, 2.45) is 5.73 Å². The third-order valence-electron chi connectivity index (χ3n) is 2.49. The highest BCUT2D eigenvalue weighted by atomic mass is 19.4. The number of hydrogen-bond donors (Lipinski definition) is 1. The molecule has 1 rings (SSSR count). The number of halogens is 3. The standard InChI is InChI=1S/C12H15F3N2O3/c1-3-19-10(18)4-8-6-17-9(5-16)7(2)11(8)20-12(13,14)15/h6H,3-5,16H2,1-2H3. The summed E-state index contributed by atoms with van der Waals surface area (Å²) in [6.45, 7) is 3.12. The number of hydrogen-bond acceptors (Lipinski definition) is 5. The van der Waals surface area contributed by atoms with Crippen molar-refractivity contribution in [2.45, 2.75) is 33.2 Å². The maximum absolute atomic E-state index is 12.4. The molecule has 0 saturated heterocycles. The second kappa shape index (κ2) is 6.56. The third kappa shape index (κ3) is 4.37. The summed E-state index contributed by atoms with van der Waals surface area (Å²) in [6.07, 6.45) is -4.06. The predicted molar refractivity (Wildman–Crippen MR) is 63.9 cm³/mol. The first kappa shape index (κ1) is 16.2. The van der Waals surface area contributed by atoms with Gasteiger partial charge >= 0.3 is 12.3 Å². The largest absolute Gasteiger partial charge is 0.573 e. The minimum atomic E-state index is -4.86. The van der Waals surface area contributed by atoms with Gasteiger partial charge in [0.1, 0.15) is 5.75 Å². The van der Waals surface area contributed by atoms with Gasteiger partial charge in [0.25, 0.3) is 0 Å². The highest BCUT2D eigenvalue weighted by Gasteiger charge is 2.33. The molecule has 1 aromatic heterocycles. The van der Waals surface area contributed by atoms with Gasteiger partial charge < -0.3 is 15.2 Å². The molecule has 1 aromatic rings. The number of pyridine rings is 1. The molecule has 0 aliphatic rings. The van der Waals surface area contributed by atoms with Crippen LogP contribution in [-0.4, -0.2) is 23.9 Å². The fourth-order valence-corrected chi connectivity index (χ4v) is 1.64. The van der Waals surface area contributed by atoms with E-state index in [1.807, 2.05) is 0 Å². The Labute approximate surface area is 113 Å². The van der Waals surface area contributed by atoms with Crippen molar-refractivity contribution in [1.82, 2.24) is 4.98 Å². The van der Waals surface area contributed by atoms with Crippen molar-refractivity contribution in [3.05, 3.63) is 23.0 Å². The lowest BCUT2D eigenvalue weighted by Crippen LogP contribution is -2.21. The van der Waals surface area contributed by atoms with E-state index < -0.39 is 18.1 Å². The Morgan fingerprint density at radius 2 is 2.10 bits per heavy atom. The summed E-state index contributed by atoms with van der Waals surface area (Å²) in [5, 5.41) is 0. The van der Waals surface area contributed by atoms with Crippen LogP contribution in [-0.2, 0) is 22.5 Å². The molecule has 0 bridgehead atoms. The van der Waals surface area contributed by atoms with Gasteiger partial charge in [-0.1, -0.05) is 0 Å². The van der Waals surface area contributed by atoms with E-state index >= 15 is 0 Å². The monoisotopic (exact) mass is 292 g/mol. The summed E-state index contributed by atoms with van der Waals surface area (Å²) >= 11 is 0. The zero-order valence-electron chi connectivity index (χ0n) is 11.1. The number of nitrogens with zero attached hydrogens (tertiary/aromatic N) is 1. The summed E-state index contributed by atoms with van der Waals surface area (Å²) in [6, 6.07) is 0. The number of carbonyl (C=O) groups is 1. The van der Waals surface area contributed by atoms with Crippen LogP contribution in [0.3, 0.4) is 0 Å². The third-order valence-corrected chi connectivity index (χ3v) is 2.49. The van der Waals surface area contributed by atoms with Gasteiger partial charge in [-0.3, -0.25) is 9.78 Å². The first-order valence-electron chi connectivity index (χ1n) is 5.87. The zero-order chi connectivity index (χ0) is 15.3. The summed E-state index contributed by atoms with van der Waals surface area (Å²) < 4.78 is 46.0. The summed E-state index contributed by atoms with van der Waals surface area (Å²) in [5.74, 6) is -1.10. The van der Waals surface area contributed by atoms with Gasteiger partial charge in [-0.25, -0.2) is 0 Å². The molecule has 0 unspecified atom stereocenters. The fraction of sp³-hybridized carbons (Fsp3) is 0.500. The second-order valence-corrected chi connectivity index (χ2v) is 3.92. The van der Waals surface area contributed by atoms with Gasteiger partial charge in [0.2, 0.25) is 0 Å². The van der Waals surface area contributed by atoms with Gasteiger partial charge in [-0.05, 0) is 13.8 Å². The Morgan fingerprint density at radius 1 is 1.45 bits per heavy atom. The Balaban J connectivity index is 3.15. The molecule has 5 nitrogen and oxygen atoms in total. The van der Waals surface area contributed by atoms with Gasteiger partial charge in [-0.2, -0.15) is 0 Å². The van der Waals surface area contributed by atoms with Gasteiger partial charge in [-0.15, -0.1) is 13.2 Å². The molecule has 0 aliphatic carbocycles. The van der Waals surface area contributed by atoms with Gasteiger partial charge in [0, 0.05) is 23.9 Å². The van der Waals surface area contributed by atoms with E-state index in [1.165, 1.54) is 6.92 Å². The van der Waals surface area contributed by atoms with Gasteiger partial charge in [0.15, 0.2) is 0 Å². The molecule has 2 N–H and O–H groups in total. The molecule has 0 saturated carbocycles. The molecule has 0 atom stereocenters. The molecule has 0 aliphatic heterocycles. The van der Waals surface area contributed by atoms with E-state index in [0.717, 1.165) is 6.20 Å². The molecule has 1 heterocycles. The molecule has 0 amide bonds. The molecule has 0 spiro atoms. The number of ether oxygens (including phenoxy) is 2. The molecule has 112 valence electrons. The van der Waals surface area contributed by atoms with E-state index in [-0.39, 0.29) is 36.4 Å². The fourth-order valence-electron chi connectivity index (χ4n) is 1.64. The van der Waals surface area contributed by atoms with E-state index in [0.29, 0.717) is 0 Å². The topological polar surface area (TPSA) is 74.4 Å². The molecule has 8 heteroatoms. The Morgan fingerprint density at radius 3 is 2.60 bits per heavy atom. The SMILES string of the molecule is CCOC(=O)Cc1cnc(CN)c(C)c1OC(F)(F)F. The van der Waals surface area contributed by atoms with Crippen LogP contribution < -0.4 is 10.5 Å². The van der Waals surface area contributed by atoms with E-state index in [4.69, 9.17) is 10.5 Å². The van der Waals surface area contributed by atoms with Crippen LogP contribution in [0.2, 0.25) is 0 Å². The Hall–Kier alpha value is -1.83. The maximum Gasteiger partial charge on any atom is 0.573 e. The minimum absolute atomic E-state index is 0.00970. The number of alkyl halides is 3. The van der Waals surface area contributed by atoms with Crippen LogP contribution in [0.15, 0.2) is 6.20 Å². The maximum atomic E-state index is 12.4. The predicted octanol–water partition coefficient (Wildman–Crippen LogP) is 1.85. The molecule has 0 aromatic carbocycles. The van der Waals surface area contributed by atoms with E-state index in [1.54, 1.807) is 6.92 Å². The van der Waals surface area contributed by atoms with Crippen LogP contribution in [0, 0.1) is 6.92 Å². The average Bonchev–Trinajstić information content (AvgIpc) is 2.33. The minimum Gasteiger partial charge on any atom is -0.466 e. The highest BCUT2D eigenvalue weighted by Crippen LogP contribution is 2.31. The first-order chi connectivity index (χ1) is 9.28. The number of esters is 1. The molecule has 0 radical (unpaired) electrons. The number of rotatable bonds is 5. The lowest BCUT2D eigenvalue weighted by atomic mass is 10.1. The molecular weight excluding hydrogens is 277 g/mol. The van der Waals surface area contributed by atoms with Crippen molar-refractivity contribution >= 4 is 5.97 Å². The van der Waals surface area contributed by atoms with Crippen molar-refractivity contribution in [2.75, 3.05) is 6.61 Å². The molecule has 20 heavy (non-hydrogen) atoms. The summed E-state index contributed by atoms with van der Waals surface area (Å²) in [5.41, 5.74) is 5.83. The van der Waals surface area contributed by atoms with Crippen molar-refractivity contribution in [3.8, 4) is 5.75 Å². The van der Waals surface area contributed by atoms with E-state index in [9.17, 15) is 18.0 Å². The van der Waals surface area contributed by atoms with Gasteiger partial charge in [0.05, 0.1) is 18.7 Å². The van der Waals surface area contributed by atoms with E-state index in [2.05, 4.69) is 9.72 Å². The Bertz CT molecular complexity index is 490. The Kier molecular flexibility index (Phi) is 5.32. The van der Waals surface area contributed by atoms with Crippen LogP contribution in [0.5, 0.6) is 5.75 Å². The van der Waals surface area contributed by atoms with Crippen LogP contribution in [0.1, 0.15) is 23.7 Å². The number of nitrogens with two attached hydrogens (primary N) is 1. The van der Waals surface area contributed by atoms with Crippen molar-refractivity contribution in [3.63, 3.8) is 0 Å². The van der Waals surface area contributed by atoms with Crippen LogP contribution in [0.25, 0.3) is 0 Å². The van der Waals surface area contributed by atoms with Crippen molar-refractivity contribution in [1.29, 1.82) is 0 Å². The van der Waals surface area contributed by atoms with Crippen LogP contribution >= 0.6 is 0 Å². The lowest BCUT2D eigenvalue weighted by Gasteiger charge is -2.16. The summed E-state index contributed by atoms with van der Waals surface area (Å²) in [4.78, 5) is 15.3. The quantitative estimate of drug-likeness (QED) is 0.838. The second-order valence-electron chi connectivity index (χ2n) is 3.92. The normalized spacial score (nSPS) is 11.3. The summed E-state index contributed by atoms with van der Waals surface area (Å²) in [7, 11) is 0. The average molecular weight is 292 g/mol. The zero-order valence-corrected chi connectivity index (χ0v) is 11.1. The first-order valence-corrected chi connectivity index (χ1v) is 5.87. The van der Waals surface area contributed by atoms with Crippen LogP contribution in [0.4, 0.5) is 13.2 Å². The number of carbonyl (C=O) groups excluding carboxylic acids is 1. The van der Waals surface area contributed by atoms with Crippen molar-refractivity contribution < 1.29 is 27.4 Å². The lowest BCUT2D eigenvalue weighted by molar-refractivity contribution is -0.275. The molecular formula is C12H15F3N2O3. The smallest absolute Gasteiger partial charge is 0.466 e. The number of aromatic nitrogens is 1.